The number of rotatable bonds is 6. The SMILES string of the molecule is CCOC(=O)CC1CN(CCCN)CCO1. The molecular formula is C11H22N2O3. The van der Waals surface area contributed by atoms with Crippen molar-refractivity contribution in [3.63, 3.8) is 0 Å². The van der Waals surface area contributed by atoms with Crippen LogP contribution in [0.2, 0.25) is 0 Å². The lowest BCUT2D eigenvalue weighted by molar-refractivity contribution is -0.148. The smallest absolute Gasteiger partial charge is 0.308 e. The molecule has 1 heterocycles. The van der Waals surface area contributed by atoms with Crippen molar-refractivity contribution in [3.05, 3.63) is 0 Å². The van der Waals surface area contributed by atoms with Crippen molar-refractivity contribution in [2.45, 2.75) is 25.9 Å². The Bertz CT molecular complexity index is 211. The first-order chi connectivity index (χ1) is 7.76. The molecule has 1 aliphatic rings. The van der Waals surface area contributed by atoms with Gasteiger partial charge >= 0.3 is 5.97 Å². The van der Waals surface area contributed by atoms with E-state index in [0.29, 0.717) is 26.2 Å². The van der Waals surface area contributed by atoms with Gasteiger partial charge in [-0.2, -0.15) is 0 Å². The third kappa shape index (κ3) is 4.92. The van der Waals surface area contributed by atoms with E-state index in [4.69, 9.17) is 15.2 Å². The van der Waals surface area contributed by atoms with Crippen molar-refractivity contribution in [3.8, 4) is 0 Å². The molecule has 0 saturated carbocycles. The number of carbonyl (C=O) groups excluding carboxylic acids is 1. The fraction of sp³-hybridized carbons (Fsp3) is 0.909. The Morgan fingerprint density at radius 3 is 3.12 bits per heavy atom. The normalized spacial score (nSPS) is 22.0. The first kappa shape index (κ1) is 13.4. The molecule has 0 amide bonds. The molecule has 0 spiro atoms. The average molecular weight is 230 g/mol. The zero-order valence-corrected chi connectivity index (χ0v) is 9.98. The van der Waals surface area contributed by atoms with E-state index in [9.17, 15) is 4.79 Å². The molecule has 16 heavy (non-hydrogen) atoms. The summed E-state index contributed by atoms with van der Waals surface area (Å²) in [4.78, 5) is 13.6. The fourth-order valence-corrected chi connectivity index (χ4v) is 1.83. The van der Waals surface area contributed by atoms with Crippen molar-refractivity contribution < 1.29 is 14.3 Å². The molecule has 1 unspecified atom stereocenters. The summed E-state index contributed by atoms with van der Waals surface area (Å²) in [6.07, 6.45) is 1.32. The third-order valence-electron chi connectivity index (χ3n) is 2.60. The van der Waals surface area contributed by atoms with Gasteiger partial charge in [-0.05, 0) is 26.4 Å². The van der Waals surface area contributed by atoms with Gasteiger partial charge in [0, 0.05) is 13.1 Å². The molecule has 1 saturated heterocycles. The van der Waals surface area contributed by atoms with E-state index in [0.717, 1.165) is 26.1 Å². The number of carbonyl (C=O) groups is 1. The van der Waals surface area contributed by atoms with E-state index in [1.807, 2.05) is 6.92 Å². The molecule has 5 nitrogen and oxygen atoms in total. The highest BCUT2D eigenvalue weighted by Crippen LogP contribution is 2.09. The molecular weight excluding hydrogens is 208 g/mol. The van der Waals surface area contributed by atoms with E-state index >= 15 is 0 Å². The lowest BCUT2D eigenvalue weighted by atomic mass is 10.2. The predicted octanol–water partition coefficient (Wildman–Crippen LogP) is -0.0108. The number of hydrogen-bond donors (Lipinski definition) is 1. The Morgan fingerprint density at radius 1 is 1.62 bits per heavy atom. The van der Waals surface area contributed by atoms with Crippen LogP contribution in [0.15, 0.2) is 0 Å². The van der Waals surface area contributed by atoms with Crippen LogP contribution in [0.5, 0.6) is 0 Å². The maximum absolute atomic E-state index is 11.3. The van der Waals surface area contributed by atoms with Gasteiger partial charge in [0.15, 0.2) is 0 Å². The number of ether oxygens (including phenoxy) is 2. The van der Waals surface area contributed by atoms with Crippen LogP contribution >= 0.6 is 0 Å². The first-order valence-electron chi connectivity index (χ1n) is 5.96. The largest absolute Gasteiger partial charge is 0.466 e. The van der Waals surface area contributed by atoms with Gasteiger partial charge in [0.25, 0.3) is 0 Å². The number of esters is 1. The highest BCUT2D eigenvalue weighted by Gasteiger charge is 2.22. The summed E-state index contributed by atoms with van der Waals surface area (Å²) in [5.41, 5.74) is 5.47. The van der Waals surface area contributed by atoms with Crippen LogP contribution < -0.4 is 5.73 Å². The van der Waals surface area contributed by atoms with Crippen molar-refractivity contribution in [2.24, 2.45) is 5.73 Å². The lowest BCUT2D eigenvalue weighted by Gasteiger charge is -2.32. The van der Waals surface area contributed by atoms with Gasteiger partial charge in [0.05, 0.1) is 25.7 Å². The second-order valence-corrected chi connectivity index (χ2v) is 3.94. The van der Waals surface area contributed by atoms with Crippen LogP contribution in [0.25, 0.3) is 0 Å². The summed E-state index contributed by atoms with van der Waals surface area (Å²) in [6, 6.07) is 0. The van der Waals surface area contributed by atoms with Crippen molar-refractivity contribution in [1.29, 1.82) is 0 Å². The molecule has 0 radical (unpaired) electrons. The van der Waals surface area contributed by atoms with Crippen molar-refractivity contribution in [2.75, 3.05) is 39.4 Å². The highest BCUT2D eigenvalue weighted by atomic mass is 16.5. The predicted molar refractivity (Wildman–Crippen MR) is 61.1 cm³/mol. The van der Waals surface area contributed by atoms with E-state index < -0.39 is 0 Å². The molecule has 1 aliphatic heterocycles. The number of nitrogens with zero attached hydrogens (tertiary/aromatic N) is 1. The molecule has 0 aliphatic carbocycles. The zero-order valence-electron chi connectivity index (χ0n) is 9.98. The third-order valence-corrected chi connectivity index (χ3v) is 2.60. The molecule has 0 aromatic heterocycles. The first-order valence-corrected chi connectivity index (χ1v) is 5.96. The van der Waals surface area contributed by atoms with Gasteiger partial charge in [0.2, 0.25) is 0 Å². The van der Waals surface area contributed by atoms with Crippen LogP contribution in [0, 0.1) is 0 Å². The van der Waals surface area contributed by atoms with Crippen molar-refractivity contribution >= 4 is 5.97 Å². The highest BCUT2D eigenvalue weighted by molar-refractivity contribution is 5.69. The molecule has 0 aromatic carbocycles. The summed E-state index contributed by atoms with van der Waals surface area (Å²) >= 11 is 0. The van der Waals surface area contributed by atoms with E-state index in [-0.39, 0.29) is 12.1 Å². The summed E-state index contributed by atoms with van der Waals surface area (Å²) in [7, 11) is 0. The summed E-state index contributed by atoms with van der Waals surface area (Å²) < 4.78 is 10.4. The molecule has 0 bridgehead atoms. The van der Waals surface area contributed by atoms with Gasteiger partial charge in [-0.25, -0.2) is 0 Å². The van der Waals surface area contributed by atoms with Gasteiger partial charge in [-0.15, -0.1) is 0 Å². The monoisotopic (exact) mass is 230 g/mol. The molecule has 1 rings (SSSR count). The van der Waals surface area contributed by atoms with Crippen LogP contribution in [0.3, 0.4) is 0 Å². The van der Waals surface area contributed by atoms with E-state index in [1.54, 1.807) is 0 Å². The molecule has 1 fully saturated rings. The molecule has 5 heteroatoms. The summed E-state index contributed by atoms with van der Waals surface area (Å²) in [5.74, 6) is -0.173. The Hall–Kier alpha value is -0.650. The molecule has 2 N–H and O–H groups in total. The van der Waals surface area contributed by atoms with Gasteiger partial charge in [0.1, 0.15) is 0 Å². The van der Waals surface area contributed by atoms with Gasteiger partial charge < -0.3 is 15.2 Å². The lowest BCUT2D eigenvalue weighted by Crippen LogP contribution is -2.44. The van der Waals surface area contributed by atoms with E-state index in [2.05, 4.69) is 4.90 Å². The fourth-order valence-electron chi connectivity index (χ4n) is 1.83. The van der Waals surface area contributed by atoms with Crippen LogP contribution in [-0.4, -0.2) is 56.4 Å². The zero-order chi connectivity index (χ0) is 11.8. The maximum Gasteiger partial charge on any atom is 0.308 e. The number of morpholine rings is 1. The maximum atomic E-state index is 11.3. The van der Waals surface area contributed by atoms with Gasteiger partial charge in [-0.3, -0.25) is 9.69 Å². The Morgan fingerprint density at radius 2 is 2.44 bits per heavy atom. The second-order valence-electron chi connectivity index (χ2n) is 3.94. The van der Waals surface area contributed by atoms with Crippen LogP contribution in [-0.2, 0) is 14.3 Å². The topological polar surface area (TPSA) is 64.8 Å². The van der Waals surface area contributed by atoms with E-state index in [1.165, 1.54) is 0 Å². The van der Waals surface area contributed by atoms with Gasteiger partial charge in [-0.1, -0.05) is 0 Å². The number of hydrogen-bond acceptors (Lipinski definition) is 5. The Balaban J connectivity index is 2.24. The second kappa shape index (κ2) is 7.60. The quantitative estimate of drug-likeness (QED) is 0.650. The minimum Gasteiger partial charge on any atom is -0.466 e. The van der Waals surface area contributed by atoms with Crippen LogP contribution in [0.4, 0.5) is 0 Å². The molecule has 94 valence electrons. The van der Waals surface area contributed by atoms with Crippen molar-refractivity contribution in [1.82, 2.24) is 4.90 Å². The summed E-state index contributed by atoms with van der Waals surface area (Å²) in [6.45, 7) is 6.36. The molecule has 1 atom stereocenters. The Labute approximate surface area is 96.9 Å². The number of nitrogens with two attached hydrogens (primary N) is 1. The summed E-state index contributed by atoms with van der Waals surface area (Å²) in [5, 5.41) is 0. The minimum atomic E-state index is -0.173. The average Bonchev–Trinajstić information content (AvgIpc) is 2.27. The minimum absolute atomic E-state index is 0.0226. The standard InChI is InChI=1S/C11H22N2O3/c1-2-15-11(14)8-10-9-13(5-3-4-12)6-7-16-10/h10H,2-9,12H2,1H3. The molecule has 0 aromatic rings. The van der Waals surface area contributed by atoms with Crippen LogP contribution in [0.1, 0.15) is 19.8 Å². The Kier molecular flexibility index (Phi) is 6.37.